The largest absolute Gasteiger partial charge is 0.493 e. The minimum absolute atomic E-state index is 0.364. The molecule has 0 bridgehead atoms. The Hall–Kier alpha value is -2.20. The number of benzene rings is 1. The van der Waals surface area contributed by atoms with E-state index in [1.807, 2.05) is 12.1 Å². The SMILES string of the molecule is COc1cc2c(cc1OC)C(C(S)(C#N)CC(=O)O)=NCC2. The summed E-state index contributed by atoms with van der Waals surface area (Å²) < 4.78 is 9.06. The van der Waals surface area contributed by atoms with Gasteiger partial charge in [0, 0.05) is 12.1 Å². The Kier molecular flexibility index (Phi) is 4.62. The number of hydrogen-bond donors (Lipinski definition) is 2. The van der Waals surface area contributed by atoms with Gasteiger partial charge in [-0.1, -0.05) is 0 Å². The normalized spacial score (nSPS) is 15.8. The molecule has 6 nitrogen and oxygen atoms in total. The van der Waals surface area contributed by atoms with Crippen molar-refractivity contribution >= 4 is 24.3 Å². The zero-order valence-electron chi connectivity index (χ0n) is 12.3. The van der Waals surface area contributed by atoms with Crippen molar-refractivity contribution in [1.29, 1.82) is 5.26 Å². The fraction of sp³-hybridized carbons (Fsp3) is 0.400. The van der Waals surface area contributed by atoms with Crippen molar-refractivity contribution in [2.24, 2.45) is 4.99 Å². The second kappa shape index (κ2) is 6.28. The van der Waals surface area contributed by atoms with Gasteiger partial charge in [0.05, 0.1) is 32.4 Å². The van der Waals surface area contributed by atoms with E-state index in [9.17, 15) is 10.1 Å². The molecule has 0 spiro atoms. The van der Waals surface area contributed by atoms with Gasteiger partial charge in [-0.2, -0.15) is 17.9 Å². The van der Waals surface area contributed by atoms with E-state index in [1.165, 1.54) is 7.11 Å². The molecule has 0 saturated heterocycles. The van der Waals surface area contributed by atoms with Crippen LogP contribution in [0.4, 0.5) is 0 Å². The summed E-state index contributed by atoms with van der Waals surface area (Å²) in [5.41, 5.74) is 1.98. The summed E-state index contributed by atoms with van der Waals surface area (Å²) in [5, 5.41) is 18.5. The summed E-state index contributed by atoms with van der Waals surface area (Å²) in [6.45, 7) is 0.474. The molecule has 1 unspecified atom stereocenters. The van der Waals surface area contributed by atoms with E-state index in [0.29, 0.717) is 35.7 Å². The highest BCUT2D eigenvalue weighted by atomic mass is 32.1. The number of carbonyl (C=O) groups is 1. The van der Waals surface area contributed by atoms with Crippen LogP contribution in [0.3, 0.4) is 0 Å². The average Bonchev–Trinajstić information content (AvgIpc) is 2.51. The first-order valence-corrected chi connectivity index (χ1v) is 7.05. The molecule has 1 atom stereocenters. The number of aliphatic carboxylic acids is 1. The number of fused-ring (bicyclic) bond motifs is 1. The molecule has 1 N–H and O–H groups in total. The van der Waals surface area contributed by atoms with E-state index in [0.717, 1.165) is 5.56 Å². The van der Waals surface area contributed by atoms with Gasteiger partial charge in [-0.25, -0.2) is 0 Å². The topological polar surface area (TPSA) is 91.9 Å². The number of ether oxygens (including phenoxy) is 2. The van der Waals surface area contributed by atoms with Gasteiger partial charge in [0.2, 0.25) is 0 Å². The van der Waals surface area contributed by atoms with Gasteiger partial charge in [-0.3, -0.25) is 9.79 Å². The number of thiol groups is 1. The third-order valence-electron chi connectivity index (χ3n) is 3.50. The maximum Gasteiger partial charge on any atom is 0.306 e. The summed E-state index contributed by atoms with van der Waals surface area (Å²) in [7, 11) is 3.06. The molecule has 2 rings (SSSR count). The molecule has 1 aromatic carbocycles. The molecule has 0 fully saturated rings. The van der Waals surface area contributed by atoms with Gasteiger partial charge < -0.3 is 14.6 Å². The highest BCUT2D eigenvalue weighted by Crippen LogP contribution is 2.36. The lowest BCUT2D eigenvalue weighted by molar-refractivity contribution is -0.137. The van der Waals surface area contributed by atoms with Crippen LogP contribution in [0.15, 0.2) is 17.1 Å². The quantitative estimate of drug-likeness (QED) is 0.806. The Labute approximate surface area is 133 Å². The Morgan fingerprint density at radius 2 is 2.09 bits per heavy atom. The summed E-state index contributed by atoms with van der Waals surface area (Å²) >= 11 is 4.29. The monoisotopic (exact) mass is 320 g/mol. The van der Waals surface area contributed by atoms with E-state index in [1.54, 1.807) is 13.2 Å². The third kappa shape index (κ3) is 2.88. The molecule has 0 saturated carbocycles. The number of nitrogens with zero attached hydrogens (tertiary/aromatic N) is 2. The van der Waals surface area contributed by atoms with E-state index in [4.69, 9.17) is 14.6 Å². The summed E-state index contributed by atoms with van der Waals surface area (Å²) in [5.74, 6) is -0.0193. The Morgan fingerprint density at radius 3 is 2.64 bits per heavy atom. The van der Waals surface area contributed by atoms with Gasteiger partial charge in [0.1, 0.15) is 0 Å². The van der Waals surface area contributed by atoms with Gasteiger partial charge in [0.15, 0.2) is 16.2 Å². The predicted molar refractivity (Wildman–Crippen MR) is 84.2 cm³/mol. The number of rotatable bonds is 5. The fourth-order valence-electron chi connectivity index (χ4n) is 2.47. The minimum Gasteiger partial charge on any atom is -0.493 e. The maximum atomic E-state index is 11.1. The van der Waals surface area contributed by atoms with Gasteiger partial charge >= 0.3 is 5.97 Å². The summed E-state index contributed by atoms with van der Waals surface area (Å²) in [4.78, 5) is 15.4. The van der Waals surface area contributed by atoms with Crippen molar-refractivity contribution in [3.63, 3.8) is 0 Å². The molecule has 0 aromatic heterocycles. The molecule has 1 aliphatic rings. The number of carboxylic acid groups (broad SMARTS) is 1. The second-order valence-corrected chi connectivity index (χ2v) is 5.65. The molecule has 1 aliphatic heterocycles. The fourth-order valence-corrected chi connectivity index (χ4v) is 2.80. The first-order valence-electron chi connectivity index (χ1n) is 6.60. The van der Waals surface area contributed by atoms with Crippen molar-refractivity contribution in [2.75, 3.05) is 20.8 Å². The zero-order chi connectivity index (χ0) is 16.3. The van der Waals surface area contributed by atoms with Crippen molar-refractivity contribution in [2.45, 2.75) is 17.6 Å². The number of carboxylic acids is 1. The van der Waals surface area contributed by atoms with E-state index in [2.05, 4.69) is 17.6 Å². The molecule has 7 heteroatoms. The van der Waals surface area contributed by atoms with Gasteiger partial charge in [-0.05, 0) is 24.1 Å². The molecule has 1 heterocycles. The maximum absolute atomic E-state index is 11.1. The van der Waals surface area contributed by atoms with Crippen LogP contribution in [-0.4, -0.2) is 42.3 Å². The number of nitriles is 1. The van der Waals surface area contributed by atoms with Crippen LogP contribution in [0.1, 0.15) is 17.5 Å². The smallest absolute Gasteiger partial charge is 0.306 e. The van der Waals surface area contributed by atoms with Crippen molar-refractivity contribution in [1.82, 2.24) is 0 Å². The van der Waals surface area contributed by atoms with E-state index < -0.39 is 17.1 Å². The molecule has 0 amide bonds. The molecule has 0 radical (unpaired) electrons. The molecular formula is C15H16N2O4S. The molecular weight excluding hydrogens is 304 g/mol. The molecule has 116 valence electrons. The lowest BCUT2D eigenvalue weighted by Gasteiger charge is -2.27. The number of methoxy groups -OCH3 is 2. The van der Waals surface area contributed by atoms with Crippen molar-refractivity contribution in [3.8, 4) is 17.6 Å². The van der Waals surface area contributed by atoms with Crippen LogP contribution < -0.4 is 9.47 Å². The lowest BCUT2D eigenvalue weighted by atomic mass is 9.87. The number of aliphatic imine (C=N–C) groups is 1. The Balaban J connectivity index is 2.57. The van der Waals surface area contributed by atoms with Gasteiger partial charge in [-0.15, -0.1) is 0 Å². The highest BCUT2D eigenvalue weighted by Gasteiger charge is 2.38. The standard InChI is InChI=1S/C15H16N2O4S/c1-20-11-5-9-3-4-17-14(10(9)6-12(11)21-2)15(22,8-16)7-13(18)19/h5-6,22H,3-4,7H2,1-2H3,(H,18,19). The lowest BCUT2D eigenvalue weighted by Crippen LogP contribution is -2.37. The average molecular weight is 320 g/mol. The molecule has 0 aliphatic carbocycles. The Bertz CT molecular complexity index is 681. The van der Waals surface area contributed by atoms with Crippen molar-refractivity contribution in [3.05, 3.63) is 23.3 Å². The first kappa shape index (κ1) is 16.2. The highest BCUT2D eigenvalue weighted by molar-refractivity contribution is 7.83. The van der Waals surface area contributed by atoms with Gasteiger partial charge in [0.25, 0.3) is 0 Å². The molecule has 22 heavy (non-hydrogen) atoms. The second-order valence-electron chi connectivity index (χ2n) is 4.89. The Morgan fingerprint density at radius 1 is 1.45 bits per heavy atom. The summed E-state index contributed by atoms with van der Waals surface area (Å²) in [6.07, 6.45) is 0.251. The van der Waals surface area contributed by atoms with Crippen LogP contribution in [0.2, 0.25) is 0 Å². The predicted octanol–water partition coefficient (Wildman–Crippen LogP) is 1.72. The minimum atomic E-state index is -1.49. The van der Waals surface area contributed by atoms with Crippen LogP contribution in [0.5, 0.6) is 11.5 Å². The van der Waals surface area contributed by atoms with Crippen LogP contribution >= 0.6 is 12.6 Å². The van der Waals surface area contributed by atoms with E-state index in [-0.39, 0.29) is 0 Å². The van der Waals surface area contributed by atoms with Crippen LogP contribution in [0, 0.1) is 11.3 Å². The van der Waals surface area contributed by atoms with Crippen LogP contribution in [0.25, 0.3) is 0 Å². The van der Waals surface area contributed by atoms with Crippen molar-refractivity contribution < 1.29 is 19.4 Å². The first-order chi connectivity index (χ1) is 10.4. The molecule has 1 aromatic rings. The van der Waals surface area contributed by atoms with Crippen LogP contribution in [-0.2, 0) is 11.2 Å². The summed E-state index contributed by atoms with van der Waals surface area (Å²) in [6, 6.07) is 5.51. The van der Waals surface area contributed by atoms with E-state index >= 15 is 0 Å². The third-order valence-corrected chi connectivity index (χ3v) is 3.97. The number of hydrogen-bond acceptors (Lipinski definition) is 6. The zero-order valence-corrected chi connectivity index (χ0v) is 13.2.